The number of hydrogen-bond acceptors (Lipinski definition) is 4. The first-order chi connectivity index (χ1) is 10.2. The number of hydrogen-bond donors (Lipinski definition) is 2. The summed E-state index contributed by atoms with van der Waals surface area (Å²) in [6.07, 6.45) is 2.33. The lowest BCUT2D eigenvalue weighted by molar-refractivity contribution is 0.420. The Bertz CT molecular complexity index is 624. The van der Waals surface area contributed by atoms with Crippen molar-refractivity contribution in [2.24, 2.45) is 11.7 Å². The Balaban J connectivity index is 1.81. The molecule has 1 atom stereocenters. The zero-order valence-corrected chi connectivity index (χ0v) is 12.9. The summed E-state index contributed by atoms with van der Waals surface area (Å²) in [7, 11) is 0. The molecule has 2 heterocycles. The van der Waals surface area contributed by atoms with E-state index in [2.05, 4.69) is 20.1 Å². The first-order valence-corrected chi connectivity index (χ1v) is 7.69. The van der Waals surface area contributed by atoms with E-state index in [9.17, 15) is 0 Å². The molecule has 112 valence electrons. The first-order valence-electron chi connectivity index (χ1n) is 7.31. The minimum absolute atomic E-state index is 0.537. The fourth-order valence-electron chi connectivity index (χ4n) is 2.70. The molecule has 1 unspecified atom stereocenters. The fourth-order valence-corrected chi connectivity index (χ4v) is 2.88. The van der Waals surface area contributed by atoms with Gasteiger partial charge in [-0.2, -0.15) is 4.98 Å². The topological polar surface area (TPSA) is 70.8 Å². The number of piperidine rings is 1. The van der Waals surface area contributed by atoms with Crippen molar-refractivity contribution in [3.63, 3.8) is 0 Å². The highest BCUT2D eigenvalue weighted by Crippen LogP contribution is 2.25. The number of aryl methyl sites for hydroxylation is 1. The summed E-state index contributed by atoms with van der Waals surface area (Å²) in [4.78, 5) is 6.81. The van der Waals surface area contributed by atoms with Crippen LogP contribution in [0.3, 0.4) is 0 Å². The van der Waals surface area contributed by atoms with Gasteiger partial charge in [0.1, 0.15) is 0 Å². The Morgan fingerprint density at radius 1 is 1.48 bits per heavy atom. The molecular weight excluding hydrogens is 286 g/mol. The number of aromatic amines is 1. The van der Waals surface area contributed by atoms with E-state index < -0.39 is 0 Å². The number of halogens is 1. The summed E-state index contributed by atoms with van der Waals surface area (Å²) < 4.78 is 0. The van der Waals surface area contributed by atoms with Crippen LogP contribution in [-0.2, 0) is 0 Å². The minimum Gasteiger partial charge on any atom is -0.339 e. The van der Waals surface area contributed by atoms with Crippen LogP contribution in [0.15, 0.2) is 18.2 Å². The van der Waals surface area contributed by atoms with Gasteiger partial charge in [-0.1, -0.05) is 23.7 Å². The maximum absolute atomic E-state index is 6.17. The Morgan fingerprint density at radius 2 is 2.33 bits per heavy atom. The van der Waals surface area contributed by atoms with E-state index in [1.165, 1.54) is 6.42 Å². The van der Waals surface area contributed by atoms with E-state index in [1.54, 1.807) is 0 Å². The van der Waals surface area contributed by atoms with Crippen LogP contribution in [0.1, 0.15) is 18.4 Å². The second-order valence-electron chi connectivity index (χ2n) is 5.64. The van der Waals surface area contributed by atoms with Crippen molar-refractivity contribution in [3.05, 3.63) is 28.8 Å². The lowest BCUT2D eigenvalue weighted by Crippen LogP contribution is -2.38. The van der Waals surface area contributed by atoms with Crippen molar-refractivity contribution in [1.29, 1.82) is 0 Å². The summed E-state index contributed by atoms with van der Waals surface area (Å²) in [5, 5.41) is 8.09. The molecular formula is C15H20ClN5. The van der Waals surface area contributed by atoms with Gasteiger partial charge >= 0.3 is 0 Å². The van der Waals surface area contributed by atoms with Gasteiger partial charge < -0.3 is 10.6 Å². The van der Waals surface area contributed by atoms with Crippen LogP contribution < -0.4 is 10.6 Å². The van der Waals surface area contributed by atoms with E-state index in [0.717, 1.165) is 54.0 Å². The van der Waals surface area contributed by atoms with Gasteiger partial charge in [-0.25, -0.2) is 0 Å². The highest BCUT2D eigenvalue weighted by atomic mass is 35.5. The Kier molecular flexibility index (Phi) is 4.12. The molecule has 0 bridgehead atoms. The molecule has 0 aliphatic carbocycles. The zero-order chi connectivity index (χ0) is 14.8. The summed E-state index contributed by atoms with van der Waals surface area (Å²) in [6.45, 7) is 4.63. The maximum atomic E-state index is 6.17. The molecule has 5 nitrogen and oxygen atoms in total. The molecule has 2 aromatic rings. The van der Waals surface area contributed by atoms with Crippen LogP contribution in [0.2, 0.25) is 5.02 Å². The molecule has 1 aliphatic rings. The number of anilines is 1. The maximum Gasteiger partial charge on any atom is 0.245 e. The standard InChI is InChI=1S/C15H20ClN5/c1-10-4-5-12(7-13(10)16)14-18-15(20-19-14)21-6-2-3-11(8-17)9-21/h4-5,7,11H,2-3,6,8-9,17H2,1H3,(H,18,19,20). The smallest absolute Gasteiger partial charge is 0.245 e. The van der Waals surface area contributed by atoms with Gasteiger partial charge in [0, 0.05) is 23.7 Å². The predicted octanol–water partition coefficient (Wildman–Crippen LogP) is 2.61. The Labute approximate surface area is 129 Å². The molecule has 0 saturated carbocycles. The van der Waals surface area contributed by atoms with E-state index in [4.69, 9.17) is 17.3 Å². The molecule has 3 N–H and O–H groups in total. The lowest BCUT2D eigenvalue weighted by atomic mass is 9.99. The first kappa shape index (κ1) is 14.4. The van der Waals surface area contributed by atoms with Gasteiger partial charge in [0.25, 0.3) is 0 Å². The van der Waals surface area contributed by atoms with Crippen LogP contribution in [-0.4, -0.2) is 34.8 Å². The van der Waals surface area contributed by atoms with Crippen LogP contribution >= 0.6 is 11.6 Å². The summed E-state index contributed by atoms with van der Waals surface area (Å²) in [5.41, 5.74) is 7.79. The molecule has 6 heteroatoms. The molecule has 0 spiro atoms. The van der Waals surface area contributed by atoms with Crippen LogP contribution in [0.4, 0.5) is 5.95 Å². The van der Waals surface area contributed by atoms with Gasteiger partial charge in [-0.05, 0) is 43.9 Å². The van der Waals surface area contributed by atoms with Crippen molar-refractivity contribution in [2.75, 3.05) is 24.5 Å². The quantitative estimate of drug-likeness (QED) is 0.914. The molecule has 3 rings (SSSR count). The zero-order valence-electron chi connectivity index (χ0n) is 12.1. The van der Waals surface area contributed by atoms with Crippen LogP contribution in [0, 0.1) is 12.8 Å². The second kappa shape index (κ2) is 6.03. The third kappa shape index (κ3) is 3.04. The Morgan fingerprint density at radius 3 is 3.10 bits per heavy atom. The SMILES string of the molecule is Cc1ccc(-c2nc(N3CCCC(CN)C3)n[nH]2)cc1Cl. The van der Waals surface area contributed by atoms with Crippen molar-refractivity contribution in [3.8, 4) is 11.4 Å². The van der Waals surface area contributed by atoms with Crippen molar-refractivity contribution < 1.29 is 0 Å². The average Bonchev–Trinajstić information content (AvgIpc) is 3.00. The number of nitrogens with two attached hydrogens (primary N) is 1. The molecule has 0 radical (unpaired) electrons. The third-order valence-electron chi connectivity index (χ3n) is 4.05. The predicted molar refractivity (Wildman–Crippen MR) is 85.6 cm³/mol. The van der Waals surface area contributed by atoms with E-state index in [0.29, 0.717) is 5.92 Å². The number of nitrogens with zero attached hydrogens (tertiary/aromatic N) is 3. The Hall–Kier alpha value is -1.59. The monoisotopic (exact) mass is 305 g/mol. The third-order valence-corrected chi connectivity index (χ3v) is 4.46. The summed E-state index contributed by atoms with van der Waals surface area (Å²) in [5.74, 6) is 2.04. The number of nitrogens with one attached hydrogen (secondary N) is 1. The van der Waals surface area contributed by atoms with E-state index >= 15 is 0 Å². The van der Waals surface area contributed by atoms with E-state index in [1.807, 2.05) is 25.1 Å². The lowest BCUT2D eigenvalue weighted by Gasteiger charge is -2.31. The van der Waals surface area contributed by atoms with Gasteiger partial charge in [0.2, 0.25) is 5.95 Å². The number of aromatic nitrogens is 3. The van der Waals surface area contributed by atoms with Crippen molar-refractivity contribution >= 4 is 17.5 Å². The number of H-pyrrole nitrogens is 1. The van der Waals surface area contributed by atoms with E-state index in [-0.39, 0.29) is 0 Å². The summed E-state index contributed by atoms with van der Waals surface area (Å²) in [6, 6.07) is 5.91. The average molecular weight is 306 g/mol. The molecule has 1 aliphatic heterocycles. The molecule has 1 aromatic heterocycles. The molecule has 21 heavy (non-hydrogen) atoms. The van der Waals surface area contributed by atoms with Crippen molar-refractivity contribution in [1.82, 2.24) is 15.2 Å². The molecule has 1 saturated heterocycles. The minimum atomic E-state index is 0.537. The second-order valence-corrected chi connectivity index (χ2v) is 6.05. The molecule has 1 fully saturated rings. The van der Waals surface area contributed by atoms with Crippen LogP contribution in [0.25, 0.3) is 11.4 Å². The highest BCUT2D eigenvalue weighted by molar-refractivity contribution is 6.31. The molecule has 0 amide bonds. The van der Waals surface area contributed by atoms with Gasteiger partial charge in [-0.15, -0.1) is 5.10 Å². The number of benzene rings is 1. The van der Waals surface area contributed by atoms with Crippen molar-refractivity contribution in [2.45, 2.75) is 19.8 Å². The largest absolute Gasteiger partial charge is 0.339 e. The summed E-state index contributed by atoms with van der Waals surface area (Å²) >= 11 is 6.17. The normalized spacial score (nSPS) is 19.0. The molecule has 1 aromatic carbocycles. The number of rotatable bonds is 3. The van der Waals surface area contributed by atoms with Gasteiger partial charge in [0.15, 0.2) is 5.82 Å². The van der Waals surface area contributed by atoms with Gasteiger partial charge in [-0.3, -0.25) is 5.10 Å². The fraction of sp³-hybridized carbons (Fsp3) is 0.467. The highest BCUT2D eigenvalue weighted by Gasteiger charge is 2.22. The van der Waals surface area contributed by atoms with Gasteiger partial charge in [0.05, 0.1) is 0 Å². The van der Waals surface area contributed by atoms with Crippen LogP contribution in [0.5, 0.6) is 0 Å².